The van der Waals surface area contributed by atoms with Crippen molar-refractivity contribution in [1.29, 1.82) is 0 Å². The molecule has 1 unspecified atom stereocenters. The number of anilines is 1. The molecule has 1 aliphatic rings. The summed E-state index contributed by atoms with van der Waals surface area (Å²) in [7, 11) is 0. The van der Waals surface area contributed by atoms with Gasteiger partial charge in [0.05, 0.1) is 12.6 Å². The lowest BCUT2D eigenvalue weighted by atomic mass is 10.1. The van der Waals surface area contributed by atoms with Crippen molar-refractivity contribution in [2.75, 3.05) is 18.5 Å². The third kappa shape index (κ3) is 3.37. The first-order valence-electron chi connectivity index (χ1n) is 8.02. The Bertz CT molecular complexity index is 699. The molecule has 2 N–H and O–H groups in total. The minimum absolute atomic E-state index is 0.0307. The average molecular weight is 310 g/mol. The van der Waals surface area contributed by atoms with Crippen molar-refractivity contribution in [3.05, 3.63) is 65.2 Å². The van der Waals surface area contributed by atoms with Crippen molar-refractivity contribution >= 4 is 11.7 Å². The third-order valence-corrected chi connectivity index (χ3v) is 4.35. The minimum Gasteiger partial charge on any atom is -0.395 e. The molecular formula is C19H22N2O2. The van der Waals surface area contributed by atoms with Crippen molar-refractivity contribution < 1.29 is 9.90 Å². The van der Waals surface area contributed by atoms with Gasteiger partial charge in [-0.1, -0.05) is 36.4 Å². The fraction of sp³-hybridized carbons (Fsp3) is 0.316. The largest absolute Gasteiger partial charge is 0.395 e. The van der Waals surface area contributed by atoms with Gasteiger partial charge in [-0.3, -0.25) is 0 Å². The van der Waals surface area contributed by atoms with E-state index in [0.29, 0.717) is 6.54 Å². The summed E-state index contributed by atoms with van der Waals surface area (Å²) in [6.45, 7) is 2.28. The lowest BCUT2D eigenvalue weighted by molar-refractivity contribution is 0.162. The first-order chi connectivity index (χ1) is 11.2. The summed E-state index contributed by atoms with van der Waals surface area (Å²) in [6.07, 6.45) is 1.88. The van der Waals surface area contributed by atoms with E-state index in [2.05, 4.69) is 17.4 Å². The Morgan fingerprint density at radius 2 is 2.09 bits per heavy atom. The van der Waals surface area contributed by atoms with Crippen LogP contribution in [0, 0.1) is 6.92 Å². The van der Waals surface area contributed by atoms with Crippen LogP contribution >= 0.6 is 0 Å². The average Bonchev–Trinajstić information content (AvgIpc) is 2.96. The van der Waals surface area contributed by atoms with Crippen LogP contribution in [0.5, 0.6) is 0 Å². The predicted molar refractivity (Wildman–Crippen MR) is 91.5 cm³/mol. The van der Waals surface area contributed by atoms with E-state index in [1.807, 2.05) is 43.3 Å². The van der Waals surface area contributed by atoms with Crippen LogP contribution in [0.4, 0.5) is 10.5 Å². The third-order valence-electron chi connectivity index (χ3n) is 4.35. The van der Waals surface area contributed by atoms with Crippen LogP contribution in [0.25, 0.3) is 0 Å². The van der Waals surface area contributed by atoms with E-state index < -0.39 is 0 Å². The summed E-state index contributed by atoms with van der Waals surface area (Å²) in [5, 5.41) is 12.3. The molecule has 1 atom stereocenters. The number of benzene rings is 2. The molecule has 0 radical (unpaired) electrons. The smallest absolute Gasteiger partial charge is 0.322 e. The summed E-state index contributed by atoms with van der Waals surface area (Å²) in [5.41, 5.74) is 4.37. The van der Waals surface area contributed by atoms with Gasteiger partial charge in [0.1, 0.15) is 0 Å². The number of aryl methyl sites for hydroxylation is 2. The maximum Gasteiger partial charge on any atom is 0.322 e. The van der Waals surface area contributed by atoms with Gasteiger partial charge < -0.3 is 15.3 Å². The van der Waals surface area contributed by atoms with Crippen molar-refractivity contribution in [1.82, 2.24) is 4.90 Å². The zero-order valence-corrected chi connectivity index (χ0v) is 13.3. The molecule has 4 nitrogen and oxygen atoms in total. The van der Waals surface area contributed by atoms with Crippen LogP contribution < -0.4 is 5.32 Å². The number of fused-ring (bicyclic) bond motifs is 1. The number of hydrogen-bond acceptors (Lipinski definition) is 2. The quantitative estimate of drug-likeness (QED) is 0.908. The van der Waals surface area contributed by atoms with Crippen LogP contribution in [0.1, 0.15) is 29.2 Å². The molecule has 0 aliphatic heterocycles. The molecular weight excluding hydrogens is 288 g/mol. The Morgan fingerprint density at radius 3 is 2.87 bits per heavy atom. The molecule has 0 saturated heterocycles. The molecule has 2 aromatic rings. The van der Waals surface area contributed by atoms with Gasteiger partial charge in [0.15, 0.2) is 0 Å². The number of nitrogens with zero attached hydrogens (tertiary/aromatic N) is 1. The molecule has 2 amide bonds. The Hall–Kier alpha value is -2.33. The first kappa shape index (κ1) is 15.6. The molecule has 120 valence electrons. The molecule has 0 bridgehead atoms. The Labute approximate surface area is 136 Å². The molecule has 0 saturated carbocycles. The Balaban J connectivity index is 1.80. The molecule has 4 heteroatoms. The molecule has 0 heterocycles. The second-order valence-electron chi connectivity index (χ2n) is 5.97. The number of aliphatic hydroxyl groups excluding tert-OH is 1. The number of urea groups is 1. The molecule has 0 spiro atoms. The molecule has 23 heavy (non-hydrogen) atoms. The molecule has 0 aromatic heterocycles. The molecule has 2 aromatic carbocycles. The van der Waals surface area contributed by atoms with Crippen LogP contribution in [0.2, 0.25) is 0 Å². The highest BCUT2D eigenvalue weighted by molar-refractivity contribution is 5.89. The summed E-state index contributed by atoms with van der Waals surface area (Å²) in [6, 6.07) is 15.8. The first-order valence-corrected chi connectivity index (χ1v) is 8.02. The number of amides is 2. The number of nitrogens with one attached hydrogen (secondary N) is 1. The SMILES string of the molecule is Cc1cccc(NC(=O)N(CCO)C2CCc3ccccc32)c1. The van der Waals surface area contributed by atoms with Crippen molar-refractivity contribution in [2.45, 2.75) is 25.8 Å². The summed E-state index contributed by atoms with van der Waals surface area (Å²) in [5.74, 6) is 0. The number of aliphatic hydroxyl groups is 1. The lowest BCUT2D eigenvalue weighted by Gasteiger charge is -2.29. The Kier molecular flexibility index (Phi) is 4.63. The predicted octanol–water partition coefficient (Wildman–Crippen LogP) is 3.51. The minimum atomic E-state index is -0.161. The highest BCUT2D eigenvalue weighted by atomic mass is 16.3. The number of carbonyl (C=O) groups excluding carboxylic acids is 1. The fourth-order valence-corrected chi connectivity index (χ4v) is 3.28. The van der Waals surface area contributed by atoms with Gasteiger partial charge in [0.2, 0.25) is 0 Å². The van der Waals surface area contributed by atoms with E-state index in [-0.39, 0.29) is 18.7 Å². The van der Waals surface area contributed by atoms with Crippen molar-refractivity contribution in [3.63, 3.8) is 0 Å². The fourth-order valence-electron chi connectivity index (χ4n) is 3.28. The van der Waals surface area contributed by atoms with E-state index in [9.17, 15) is 9.90 Å². The summed E-state index contributed by atoms with van der Waals surface area (Å²) < 4.78 is 0. The van der Waals surface area contributed by atoms with Crippen molar-refractivity contribution in [2.24, 2.45) is 0 Å². The topological polar surface area (TPSA) is 52.6 Å². The molecule has 0 fully saturated rings. The lowest BCUT2D eigenvalue weighted by Crippen LogP contribution is -2.39. The van der Waals surface area contributed by atoms with Gasteiger partial charge in [0.25, 0.3) is 0 Å². The van der Waals surface area contributed by atoms with E-state index in [0.717, 1.165) is 24.1 Å². The number of rotatable bonds is 4. The second-order valence-corrected chi connectivity index (χ2v) is 5.97. The summed E-state index contributed by atoms with van der Waals surface area (Å²) >= 11 is 0. The van der Waals surface area contributed by atoms with Crippen LogP contribution in [0.3, 0.4) is 0 Å². The van der Waals surface area contributed by atoms with Crippen LogP contribution in [-0.4, -0.2) is 29.2 Å². The standard InChI is InChI=1S/C19H22N2O2/c1-14-5-4-7-16(13-14)20-19(23)21(11-12-22)18-10-9-15-6-2-3-8-17(15)18/h2-8,13,18,22H,9-12H2,1H3,(H,20,23). The maximum absolute atomic E-state index is 12.7. The number of carbonyl (C=O) groups is 1. The van der Waals surface area contributed by atoms with Gasteiger partial charge in [-0.15, -0.1) is 0 Å². The summed E-state index contributed by atoms with van der Waals surface area (Å²) in [4.78, 5) is 14.5. The highest BCUT2D eigenvalue weighted by Crippen LogP contribution is 2.35. The van der Waals surface area contributed by atoms with E-state index in [4.69, 9.17) is 0 Å². The van der Waals surface area contributed by atoms with E-state index >= 15 is 0 Å². The second kappa shape index (κ2) is 6.84. The zero-order chi connectivity index (χ0) is 16.2. The monoisotopic (exact) mass is 310 g/mol. The van der Waals surface area contributed by atoms with E-state index in [1.165, 1.54) is 11.1 Å². The zero-order valence-electron chi connectivity index (χ0n) is 13.3. The van der Waals surface area contributed by atoms with Gasteiger partial charge in [-0.05, 0) is 48.6 Å². The highest BCUT2D eigenvalue weighted by Gasteiger charge is 2.30. The molecule has 1 aliphatic carbocycles. The van der Waals surface area contributed by atoms with E-state index in [1.54, 1.807) is 4.90 Å². The van der Waals surface area contributed by atoms with Gasteiger partial charge >= 0.3 is 6.03 Å². The van der Waals surface area contributed by atoms with Crippen molar-refractivity contribution in [3.8, 4) is 0 Å². The van der Waals surface area contributed by atoms with Gasteiger partial charge in [-0.2, -0.15) is 0 Å². The van der Waals surface area contributed by atoms with Crippen LogP contribution in [-0.2, 0) is 6.42 Å². The molecule has 3 rings (SSSR count). The van der Waals surface area contributed by atoms with Gasteiger partial charge in [0, 0.05) is 12.2 Å². The number of hydrogen-bond donors (Lipinski definition) is 2. The normalized spacial score (nSPS) is 16.0. The Morgan fingerprint density at radius 1 is 1.26 bits per heavy atom. The van der Waals surface area contributed by atoms with Crippen LogP contribution in [0.15, 0.2) is 48.5 Å². The van der Waals surface area contributed by atoms with Gasteiger partial charge in [-0.25, -0.2) is 4.79 Å². The maximum atomic E-state index is 12.7.